The van der Waals surface area contributed by atoms with Gasteiger partial charge in [0, 0.05) is 53.3 Å². The number of nitrogens with one attached hydrogen (secondary N) is 1. The quantitative estimate of drug-likeness (QED) is 0.267. The lowest BCUT2D eigenvalue weighted by molar-refractivity contribution is -0.236. The van der Waals surface area contributed by atoms with E-state index in [1.165, 1.54) is 0 Å². The van der Waals surface area contributed by atoms with Gasteiger partial charge in [0.1, 0.15) is 0 Å². The summed E-state index contributed by atoms with van der Waals surface area (Å²) in [6.07, 6.45) is 6.45. The van der Waals surface area contributed by atoms with Gasteiger partial charge in [-0.1, -0.05) is 37.1 Å². The molecule has 0 saturated carbocycles. The van der Waals surface area contributed by atoms with Crippen LogP contribution in [0.25, 0.3) is 0 Å². The van der Waals surface area contributed by atoms with E-state index in [0.29, 0.717) is 12.8 Å². The molecule has 1 fully saturated rings. The Kier molecular flexibility index (Phi) is 22.3. The maximum absolute atomic E-state index is 12.5. The number of carbonyl (C=O) groups is 1. The zero-order valence-electron chi connectivity index (χ0n) is 28.0. The fraction of sp³-hybridized carbons (Fsp3) is 0.267. The fourth-order valence-corrected chi connectivity index (χ4v) is 4.17. The first-order valence-electron chi connectivity index (χ1n) is 15.1. The Morgan fingerprint density at radius 1 is 0.700 bits per heavy atom. The predicted octanol–water partition coefficient (Wildman–Crippen LogP) is 3.03. The third-order valence-corrected chi connectivity index (χ3v) is 6.41. The maximum Gasteiger partial charge on any atom is 0.297 e. The van der Waals surface area contributed by atoms with E-state index >= 15 is 0 Å². The second-order valence-corrected chi connectivity index (χ2v) is 9.52. The first kappa shape index (κ1) is 41.1. The van der Waals surface area contributed by atoms with Crippen molar-refractivity contribution in [1.29, 1.82) is 0 Å². The number of carbonyl (C=O) groups excluding carboxylic acids is 1. The van der Waals surface area contributed by atoms with Crippen molar-refractivity contribution in [2.45, 2.75) is 51.2 Å². The van der Waals surface area contributed by atoms with Gasteiger partial charge in [-0.15, -0.1) is 26.3 Å². The third-order valence-electron chi connectivity index (χ3n) is 6.41. The highest BCUT2D eigenvalue weighted by atomic mass is 16.7. The number of hydrogen-bond donors (Lipinski definition) is 2. The number of hydrogen-bond acceptors (Lipinski definition) is 4. The summed E-state index contributed by atoms with van der Waals surface area (Å²) in [4.78, 5) is 12.5. The smallest absolute Gasteiger partial charge is 0.297 e. The minimum atomic E-state index is -0.881. The Bertz CT molecular complexity index is 2060. The number of allylic oxidation sites excluding steroid dienone is 1. The molecule has 5 heteroatoms. The van der Waals surface area contributed by atoms with Crippen molar-refractivity contribution in [3.8, 4) is 142 Å². The summed E-state index contributed by atoms with van der Waals surface area (Å²) < 4.78 is 12.3. The van der Waals surface area contributed by atoms with Crippen molar-refractivity contribution >= 4 is 5.91 Å². The van der Waals surface area contributed by atoms with Crippen molar-refractivity contribution in [1.82, 2.24) is 5.32 Å². The lowest BCUT2D eigenvalue weighted by Crippen LogP contribution is -2.50. The molecule has 2 unspecified atom stereocenters. The van der Waals surface area contributed by atoms with Crippen LogP contribution in [0.2, 0.25) is 0 Å². The second-order valence-electron chi connectivity index (χ2n) is 9.52. The van der Waals surface area contributed by atoms with E-state index in [4.69, 9.17) is 9.47 Å². The van der Waals surface area contributed by atoms with Crippen LogP contribution in [-0.4, -0.2) is 42.2 Å². The Balaban J connectivity index is 2.70. The first-order chi connectivity index (χ1) is 24.5. The van der Waals surface area contributed by atoms with Crippen LogP contribution in [0.4, 0.5) is 0 Å². The lowest BCUT2D eigenvalue weighted by Gasteiger charge is -2.44. The van der Waals surface area contributed by atoms with Crippen molar-refractivity contribution < 1.29 is 19.4 Å². The summed E-state index contributed by atoms with van der Waals surface area (Å²) in [5.41, 5.74) is 0. The van der Waals surface area contributed by atoms with Crippen molar-refractivity contribution in [2.24, 2.45) is 17.8 Å². The molecule has 1 aliphatic heterocycles. The molecule has 0 bridgehead atoms. The van der Waals surface area contributed by atoms with Gasteiger partial charge in [0.05, 0.1) is 24.9 Å². The van der Waals surface area contributed by atoms with Crippen LogP contribution < -0.4 is 5.32 Å². The molecule has 50 heavy (non-hydrogen) atoms. The molecule has 1 heterocycles. The predicted molar refractivity (Wildman–Crippen MR) is 198 cm³/mol. The summed E-state index contributed by atoms with van der Waals surface area (Å²) >= 11 is 0. The minimum absolute atomic E-state index is 0.00222. The van der Waals surface area contributed by atoms with Crippen LogP contribution in [0.5, 0.6) is 0 Å². The van der Waals surface area contributed by atoms with Gasteiger partial charge in [-0.3, -0.25) is 4.79 Å². The molecule has 0 aromatic carbocycles. The van der Waals surface area contributed by atoms with Crippen LogP contribution in [0, 0.1) is 160 Å². The van der Waals surface area contributed by atoms with Gasteiger partial charge in [0.25, 0.3) is 5.91 Å². The van der Waals surface area contributed by atoms with Crippen molar-refractivity contribution in [3.05, 3.63) is 50.6 Å². The average Bonchev–Trinajstić information content (AvgIpc) is 3.12. The highest BCUT2D eigenvalue weighted by molar-refractivity contribution is 5.94. The molecule has 7 atom stereocenters. The molecule has 2 N–H and O–H groups in total. The molecule has 242 valence electrons. The summed E-state index contributed by atoms with van der Waals surface area (Å²) in [7, 11) is 0. The van der Waals surface area contributed by atoms with Gasteiger partial charge in [-0.25, -0.2) is 0 Å². The van der Waals surface area contributed by atoms with E-state index in [0.717, 1.165) is 0 Å². The summed E-state index contributed by atoms with van der Waals surface area (Å²) in [6.45, 7) is 19.2. The topological polar surface area (TPSA) is 67.8 Å². The van der Waals surface area contributed by atoms with Crippen LogP contribution in [0.1, 0.15) is 26.7 Å². The Labute approximate surface area is 298 Å². The van der Waals surface area contributed by atoms with E-state index in [-0.39, 0.29) is 30.5 Å². The van der Waals surface area contributed by atoms with E-state index in [1.807, 2.05) is 12.2 Å². The molecule has 0 radical (unpaired) electrons. The minimum Gasteiger partial charge on any atom is -0.391 e. The highest BCUT2D eigenvalue weighted by Crippen LogP contribution is 2.39. The monoisotopic (exact) mass is 651 g/mol. The number of aliphatic hydroxyl groups is 1. The molecular formula is C45H33NO4. The summed E-state index contributed by atoms with van der Waals surface area (Å²) in [5, 5.41) is 13.2. The second kappa shape index (κ2) is 27.2. The highest BCUT2D eigenvalue weighted by Gasteiger charge is 2.42. The van der Waals surface area contributed by atoms with Gasteiger partial charge in [0.15, 0.2) is 6.29 Å². The van der Waals surface area contributed by atoms with E-state index in [1.54, 1.807) is 26.0 Å². The van der Waals surface area contributed by atoms with Gasteiger partial charge in [-0.05, 0) is 120 Å². The third kappa shape index (κ3) is 17.1. The van der Waals surface area contributed by atoms with Crippen molar-refractivity contribution in [3.63, 3.8) is 0 Å². The summed E-state index contributed by atoms with van der Waals surface area (Å²) in [6, 6.07) is -0.744. The Morgan fingerprint density at radius 3 is 1.50 bits per heavy atom. The fourth-order valence-electron chi connectivity index (χ4n) is 4.17. The van der Waals surface area contributed by atoms with Crippen LogP contribution in [0.3, 0.4) is 0 Å². The Hall–Kier alpha value is -6.97. The average molecular weight is 652 g/mol. The zero-order valence-corrected chi connectivity index (χ0v) is 28.0. The van der Waals surface area contributed by atoms with Gasteiger partial charge in [-0.2, -0.15) is 0 Å². The normalized spacial score (nSPS) is 17.9. The molecule has 0 spiro atoms. The molecule has 1 saturated heterocycles. The maximum atomic E-state index is 12.5. The van der Waals surface area contributed by atoms with Gasteiger partial charge >= 0.3 is 0 Å². The molecule has 5 nitrogen and oxygen atoms in total. The standard InChI is InChI=1S/C45H33NO4/c1-7-13-14-15-16-17-18-19-20-21-22-23-24-25-26-27-28-29-30-31-32-33-34-36-44(48)46-41(42(47)12-6)37-49-45-40(11-5)38(9-3)39(10-4)43(50-45)35-8-2/h8-11,38-43,45,47H,2-5,12,35,37H2,1,6H3,(H,46,48)/t38?,39-,40-,41+,42-,43?,45-/m1/s1. The molecule has 0 aliphatic carbocycles. The molecule has 1 amide bonds. The van der Waals surface area contributed by atoms with Crippen molar-refractivity contribution in [2.75, 3.05) is 6.61 Å². The molecular weight excluding hydrogens is 618 g/mol. The zero-order chi connectivity index (χ0) is 36.7. The lowest BCUT2D eigenvalue weighted by atomic mass is 9.75. The molecule has 1 rings (SSSR count). The number of aliphatic hydroxyl groups excluding tert-OH is 1. The summed E-state index contributed by atoms with van der Waals surface area (Å²) in [5.74, 6) is 59.1. The Morgan fingerprint density at radius 2 is 1.12 bits per heavy atom. The molecule has 0 aromatic heterocycles. The van der Waals surface area contributed by atoms with Gasteiger partial charge < -0.3 is 19.9 Å². The SMILES string of the molecule is C=CCC1O[C@@H](OC[C@H](NC(=O)C#CC#CC#CC#CC#CC#CC#CC#CC#CC#CC#CC#CC)[C@H](O)CC)[C@H](C=C)C(C=C)[C@H]1C=C. The van der Waals surface area contributed by atoms with Gasteiger partial charge in [0.2, 0.25) is 0 Å². The van der Waals surface area contributed by atoms with E-state index in [2.05, 4.69) is 174 Å². The van der Waals surface area contributed by atoms with E-state index in [9.17, 15) is 9.90 Å². The van der Waals surface area contributed by atoms with Crippen LogP contribution in [0.15, 0.2) is 50.6 Å². The number of ether oxygens (including phenoxy) is 2. The van der Waals surface area contributed by atoms with Crippen LogP contribution >= 0.6 is 0 Å². The van der Waals surface area contributed by atoms with Crippen LogP contribution in [-0.2, 0) is 14.3 Å². The number of amides is 1. The largest absolute Gasteiger partial charge is 0.391 e. The number of rotatable bonds is 11. The first-order valence-corrected chi connectivity index (χ1v) is 15.1. The molecule has 1 aliphatic rings. The molecule has 0 aromatic rings. The van der Waals surface area contributed by atoms with E-state index < -0.39 is 24.3 Å².